The third kappa shape index (κ3) is 2.41. The molecule has 2 heterocycles. The van der Waals surface area contributed by atoms with Gasteiger partial charge in [-0.2, -0.15) is 0 Å². The number of nitrogens with two attached hydrogens (primary N) is 1. The van der Waals surface area contributed by atoms with Crippen LogP contribution in [0.25, 0.3) is 0 Å². The van der Waals surface area contributed by atoms with Crippen LogP contribution in [0, 0.1) is 17.8 Å². The summed E-state index contributed by atoms with van der Waals surface area (Å²) in [6, 6.07) is 0.239. The van der Waals surface area contributed by atoms with Gasteiger partial charge in [0.15, 0.2) is 0 Å². The number of hydrogen-bond donors (Lipinski definition) is 1. The summed E-state index contributed by atoms with van der Waals surface area (Å²) in [5.41, 5.74) is 6.01. The number of carbonyl (C=O) groups is 1. The van der Waals surface area contributed by atoms with Crippen molar-refractivity contribution in [2.24, 2.45) is 23.5 Å². The summed E-state index contributed by atoms with van der Waals surface area (Å²) < 4.78 is 5.77. The second kappa shape index (κ2) is 5.17. The minimum absolute atomic E-state index is 0.0153. The zero-order valence-electron chi connectivity index (χ0n) is 11.9. The fraction of sp³-hybridized carbons (Fsp3) is 0.929. The van der Waals surface area contributed by atoms with Gasteiger partial charge >= 0.3 is 0 Å². The van der Waals surface area contributed by atoms with Gasteiger partial charge in [-0.15, -0.1) is 0 Å². The summed E-state index contributed by atoms with van der Waals surface area (Å²) >= 11 is 0. The lowest BCUT2D eigenvalue weighted by atomic mass is 9.86. The fourth-order valence-corrected chi connectivity index (χ4v) is 3.27. The summed E-state index contributed by atoms with van der Waals surface area (Å²) in [7, 11) is 0. The maximum Gasteiger partial charge on any atom is 0.228 e. The molecule has 4 nitrogen and oxygen atoms in total. The molecule has 0 aromatic carbocycles. The Labute approximate surface area is 110 Å². The summed E-state index contributed by atoms with van der Waals surface area (Å²) in [5.74, 6) is 0.978. The zero-order valence-corrected chi connectivity index (χ0v) is 11.9. The van der Waals surface area contributed by atoms with Crippen LogP contribution in [0.2, 0.25) is 0 Å². The largest absolute Gasteiger partial charge is 0.374 e. The van der Waals surface area contributed by atoms with Gasteiger partial charge in [-0.05, 0) is 32.1 Å². The Bertz CT molecular complexity index is 321. The van der Waals surface area contributed by atoms with Crippen LogP contribution in [0.15, 0.2) is 0 Å². The second-order valence-corrected chi connectivity index (χ2v) is 6.15. The highest BCUT2D eigenvalue weighted by Gasteiger charge is 2.44. The lowest BCUT2D eigenvalue weighted by molar-refractivity contribution is -0.139. The molecule has 0 spiro atoms. The van der Waals surface area contributed by atoms with Gasteiger partial charge in [0.05, 0.1) is 18.1 Å². The van der Waals surface area contributed by atoms with Crippen molar-refractivity contribution >= 4 is 5.91 Å². The Balaban J connectivity index is 2.03. The maximum atomic E-state index is 12.6. The molecule has 1 amide bonds. The SMILES string of the molecule is CC1CN(C(=O)C2C(C)OC(C)C2C)CCC1N. The smallest absolute Gasteiger partial charge is 0.228 e. The zero-order chi connectivity index (χ0) is 13.4. The van der Waals surface area contributed by atoms with E-state index in [1.807, 2.05) is 11.8 Å². The summed E-state index contributed by atoms with van der Waals surface area (Å²) in [5, 5.41) is 0. The lowest BCUT2D eigenvalue weighted by Crippen LogP contribution is -2.51. The number of amides is 1. The molecule has 2 N–H and O–H groups in total. The van der Waals surface area contributed by atoms with Crippen LogP contribution in [0.3, 0.4) is 0 Å². The van der Waals surface area contributed by atoms with Crippen molar-refractivity contribution in [1.82, 2.24) is 4.90 Å². The predicted octanol–water partition coefficient (Wildman–Crippen LogP) is 1.24. The van der Waals surface area contributed by atoms with E-state index in [1.54, 1.807) is 0 Å². The Morgan fingerprint density at radius 3 is 2.39 bits per heavy atom. The van der Waals surface area contributed by atoms with Gasteiger partial charge in [0, 0.05) is 19.1 Å². The van der Waals surface area contributed by atoms with Gasteiger partial charge in [0.25, 0.3) is 0 Å². The van der Waals surface area contributed by atoms with E-state index in [-0.39, 0.29) is 30.1 Å². The van der Waals surface area contributed by atoms with Crippen LogP contribution in [0.5, 0.6) is 0 Å². The number of piperidine rings is 1. The molecule has 6 atom stereocenters. The summed E-state index contributed by atoms with van der Waals surface area (Å²) in [6.45, 7) is 9.92. The van der Waals surface area contributed by atoms with Crippen molar-refractivity contribution in [3.8, 4) is 0 Å². The second-order valence-electron chi connectivity index (χ2n) is 6.15. The Hall–Kier alpha value is -0.610. The molecule has 0 aromatic heterocycles. The molecule has 18 heavy (non-hydrogen) atoms. The number of nitrogens with zero attached hydrogens (tertiary/aromatic N) is 1. The number of carbonyl (C=O) groups excluding carboxylic acids is 1. The van der Waals surface area contributed by atoms with E-state index in [0.29, 0.717) is 11.8 Å². The number of rotatable bonds is 1. The normalized spacial score (nSPS) is 45.3. The third-order valence-corrected chi connectivity index (χ3v) is 4.81. The highest BCUT2D eigenvalue weighted by Crippen LogP contribution is 2.34. The Morgan fingerprint density at radius 1 is 1.22 bits per heavy atom. The summed E-state index contributed by atoms with van der Waals surface area (Å²) in [4.78, 5) is 14.6. The first-order valence-corrected chi connectivity index (χ1v) is 7.11. The molecule has 2 aliphatic rings. The van der Waals surface area contributed by atoms with Crippen molar-refractivity contribution in [2.75, 3.05) is 13.1 Å². The van der Waals surface area contributed by atoms with Gasteiger partial charge < -0.3 is 15.4 Å². The molecule has 104 valence electrons. The fourth-order valence-electron chi connectivity index (χ4n) is 3.27. The molecule has 0 saturated carbocycles. The molecule has 0 radical (unpaired) electrons. The average molecular weight is 254 g/mol. The first kappa shape index (κ1) is 13.8. The highest BCUT2D eigenvalue weighted by molar-refractivity contribution is 5.80. The van der Waals surface area contributed by atoms with Gasteiger partial charge in [-0.3, -0.25) is 4.79 Å². The van der Waals surface area contributed by atoms with Crippen LogP contribution < -0.4 is 5.73 Å². The van der Waals surface area contributed by atoms with Crippen LogP contribution in [0.4, 0.5) is 0 Å². The van der Waals surface area contributed by atoms with Crippen molar-refractivity contribution in [2.45, 2.75) is 52.4 Å². The van der Waals surface area contributed by atoms with Crippen LogP contribution >= 0.6 is 0 Å². The molecular formula is C14H26N2O2. The third-order valence-electron chi connectivity index (χ3n) is 4.81. The van der Waals surface area contributed by atoms with Gasteiger partial charge in [-0.1, -0.05) is 13.8 Å². The Kier molecular flexibility index (Phi) is 3.97. The molecule has 0 bridgehead atoms. The summed E-state index contributed by atoms with van der Waals surface area (Å²) in [6.07, 6.45) is 1.13. The van der Waals surface area contributed by atoms with Crippen LogP contribution in [0.1, 0.15) is 34.1 Å². The number of likely N-dealkylation sites (tertiary alicyclic amines) is 1. The van der Waals surface area contributed by atoms with Crippen LogP contribution in [-0.2, 0) is 9.53 Å². The van der Waals surface area contributed by atoms with E-state index in [4.69, 9.17) is 10.5 Å². The van der Waals surface area contributed by atoms with E-state index in [0.717, 1.165) is 19.5 Å². The molecule has 2 rings (SSSR count). The van der Waals surface area contributed by atoms with Gasteiger partial charge in [0.2, 0.25) is 5.91 Å². The van der Waals surface area contributed by atoms with Crippen LogP contribution in [-0.4, -0.2) is 42.1 Å². The van der Waals surface area contributed by atoms with E-state index >= 15 is 0 Å². The monoisotopic (exact) mass is 254 g/mol. The lowest BCUT2D eigenvalue weighted by Gasteiger charge is -2.37. The minimum Gasteiger partial charge on any atom is -0.374 e. The highest BCUT2D eigenvalue weighted by atomic mass is 16.5. The van der Waals surface area contributed by atoms with E-state index < -0.39 is 0 Å². The van der Waals surface area contributed by atoms with E-state index in [1.165, 1.54) is 0 Å². The van der Waals surface area contributed by atoms with Crippen molar-refractivity contribution in [1.29, 1.82) is 0 Å². The molecule has 4 heteroatoms. The molecule has 2 fully saturated rings. The molecule has 0 aromatic rings. The number of hydrogen-bond acceptors (Lipinski definition) is 3. The quantitative estimate of drug-likeness (QED) is 0.766. The molecule has 0 aliphatic carbocycles. The molecule has 2 saturated heterocycles. The van der Waals surface area contributed by atoms with Crippen molar-refractivity contribution in [3.05, 3.63) is 0 Å². The molecule has 2 aliphatic heterocycles. The van der Waals surface area contributed by atoms with Crippen molar-refractivity contribution < 1.29 is 9.53 Å². The number of ether oxygens (including phenoxy) is 1. The van der Waals surface area contributed by atoms with E-state index in [2.05, 4.69) is 20.8 Å². The average Bonchev–Trinajstić information content (AvgIpc) is 2.56. The van der Waals surface area contributed by atoms with E-state index in [9.17, 15) is 4.79 Å². The Morgan fingerprint density at radius 2 is 1.89 bits per heavy atom. The minimum atomic E-state index is 0.0153. The first-order valence-electron chi connectivity index (χ1n) is 7.11. The van der Waals surface area contributed by atoms with Gasteiger partial charge in [0.1, 0.15) is 0 Å². The predicted molar refractivity (Wildman–Crippen MR) is 71.0 cm³/mol. The topological polar surface area (TPSA) is 55.6 Å². The molecule has 6 unspecified atom stereocenters. The maximum absolute atomic E-state index is 12.6. The van der Waals surface area contributed by atoms with Gasteiger partial charge in [-0.25, -0.2) is 0 Å². The molecular weight excluding hydrogens is 228 g/mol. The standard InChI is InChI=1S/C14H26N2O2/c1-8-7-16(6-5-12(8)15)14(17)13-9(2)10(3)18-11(13)4/h8-13H,5-7,15H2,1-4H3. The first-order chi connectivity index (χ1) is 8.41. The van der Waals surface area contributed by atoms with Crippen molar-refractivity contribution in [3.63, 3.8) is 0 Å².